The van der Waals surface area contributed by atoms with Crippen molar-refractivity contribution in [1.29, 1.82) is 0 Å². The SMILES string of the molecule is CC(C)(C)OC(=O)/C=C/C(=Cc1ccccc1)c1ccccc1. The molecule has 0 bridgehead atoms. The maximum absolute atomic E-state index is 11.9. The van der Waals surface area contributed by atoms with Crippen molar-refractivity contribution in [3.05, 3.63) is 83.9 Å². The van der Waals surface area contributed by atoms with Gasteiger partial charge < -0.3 is 4.74 Å². The second-order valence-electron chi connectivity index (χ2n) is 6.24. The Labute approximate surface area is 138 Å². The van der Waals surface area contributed by atoms with Crippen LogP contribution in [0, 0.1) is 0 Å². The fraction of sp³-hybridized carbons (Fsp3) is 0.190. The maximum Gasteiger partial charge on any atom is 0.331 e. The summed E-state index contributed by atoms with van der Waals surface area (Å²) in [5.41, 5.74) is 2.61. The van der Waals surface area contributed by atoms with E-state index < -0.39 is 5.60 Å². The standard InChI is InChI=1S/C21H22O2/c1-21(2,3)23-20(22)15-14-19(18-12-8-5-9-13-18)16-17-10-6-4-7-11-17/h4-16H,1-3H3/b15-14+,19-16?. The van der Waals surface area contributed by atoms with Crippen molar-refractivity contribution in [2.75, 3.05) is 0 Å². The van der Waals surface area contributed by atoms with E-state index in [-0.39, 0.29) is 5.97 Å². The van der Waals surface area contributed by atoms with Crippen molar-refractivity contribution in [2.45, 2.75) is 26.4 Å². The lowest BCUT2D eigenvalue weighted by molar-refractivity contribution is -0.148. The van der Waals surface area contributed by atoms with Gasteiger partial charge in [-0.3, -0.25) is 0 Å². The highest BCUT2D eigenvalue weighted by Gasteiger charge is 2.14. The predicted octanol–water partition coefficient (Wildman–Crippen LogP) is 5.13. The van der Waals surface area contributed by atoms with Crippen LogP contribution in [0.5, 0.6) is 0 Å². The minimum absolute atomic E-state index is 0.340. The van der Waals surface area contributed by atoms with E-state index in [1.165, 1.54) is 6.08 Å². The zero-order chi connectivity index (χ0) is 16.7. The summed E-state index contributed by atoms with van der Waals surface area (Å²) in [6.45, 7) is 5.57. The molecule has 2 aromatic rings. The lowest BCUT2D eigenvalue weighted by atomic mass is 10.0. The second kappa shape index (κ2) is 7.59. The van der Waals surface area contributed by atoms with Crippen LogP contribution in [-0.4, -0.2) is 11.6 Å². The molecule has 0 aromatic heterocycles. The molecule has 2 heteroatoms. The molecule has 2 nitrogen and oxygen atoms in total. The molecule has 0 aliphatic rings. The lowest BCUT2D eigenvalue weighted by Crippen LogP contribution is -2.22. The molecule has 0 unspecified atom stereocenters. The number of carbonyl (C=O) groups is 1. The fourth-order valence-electron chi connectivity index (χ4n) is 2.08. The number of rotatable bonds is 4. The summed E-state index contributed by atoms with van der Waals surface area (Å²) in [6, 6.07) is 20.0. The van der Waals surface area contributed by atoms with Gasteiger partial charge in [-0.05, 0) is 49.6 Å². The number of ether oxygens (including phenoxy) is 1. The molecular weight excluding hydrogens is 284 g/mol. The van der Waals surface area contributed by atoms with Gasteiger partial charge in [-0.2, -0.15) is 0 Å². The number of carbonyl (C=O) groups excluding carboxylic acids is 1. The number of hydrogen-bond donors (Lipinski definition) is 0. The van der Waals surface area contributed by atoms with Crippen molar-refractivity contribution in [2.24, 2.45) is 0 Å². The summed E-state index contributed by atoms with van der Waals surface area (Å²) in [4.78, 5) is 11.9. The third kappa shape index (κ3) is 5.95. The molecule has 23 heavy (non-hydrogen) atoms. The van der Waals surface area contributed by atoms with Crippen molar-refractivity contribution in [1.82, 2.24) is 0 Å². The first-order chi connectivity index (χ1) is 10.9. The van der Waals surface area contributed by atoms with Gasteiger partial charge in [-0.15, -0.1) is 0 Å². The van der Waals surface area contributed by atoms with E-state index in [9.17, 15) is 4.79 Å². The van der Waals surface area contributed by atoms with Crippen LogP contribution in [0.25, 0.3) is 11.6 Å². The topological polar surface area (TPSA) is 26.3 Å². The molecule has 0 spiro atoms. The Morgan fingerprint density at radius 1 is 0.870 bits per heavy atom. The molecule has 118 valence electrons. The van der Waals surface area contributed by atoms with Crippen molar-refractivity contribution in [3.8, 4) is 0 Å². The predicted molar refractivity (Wildman–Crippen MR) is 95.7 cm³/mol. The normalized spacial score (nSPS) is 12.4. The Morgan fingerprint density at radius 3 is 2.00 bits per heavy atom. The van der Waals surface area contributed by atoms with Gasteiger partial charge in [0, 0.05) is 6.08 Å². The zero-order valence-electron chi connectivity index (χ0n) is 13.8. The summed E-state index contributed by atoms with van der Waals surface area (Å²) in [6.07, 6.45) is 5.33. The maximum atomic E-state index is 11.9. The van der Waals surface area contributed by atoms with Gasteiger partial charge in [0.1, 0.15) is 5.60 Å². The van der Waals surface area contributed by atoms with Gasteiger partial charge in [0.2, 0.25) is 0 Å². The van der Waals surface area contributed by atoms with E-state index in [0.29, 0.717) is 0 Å². The third-order valence-corrected chi connectivity index (χ3v) is 3.03. The minimum Gasteiger partial charge on any atom is -0.457 e. The Morgan fingerprint density at radius 2 is 1.43 bits per heavy atom. The third-order valence-electron chi connectivity index (χ3n) is 3.03. The minimum atomic E-state index is -0.489. The lowest BCUT2D eigenvalue weighted by Gasteiger charge is -2.18. The molecule has 0 fully saturated rings. The smallest absolute Gasteiger partial charge is 0.331 e. The van der Waals surface area contributed by atoms with Crippen LogP contribution in [0.3, 0.4) is 0 Å². The molecule has 0 atom stereocenters. The van der Waals surface area contributed by atoms with Gasteiger partial charge in [0.15, 0.2) is 0 Å². The summed E-state index contributed by atoms with van der Waals surface area (Å²) in [5, 5.41) is 0. The van der Waals surface area contributed by atoms with Gasteiger partial charge >= 0.3 is 5.97 Å². The van der Waals surface area contributed by atoms with Crippen molar-refractivity contribution in [3.63, 3.8) is 0 Å². The van der Waals surface area contributed by atoms with E-state index in [1.807, 2.05) is 81.4 Å². The quantitative estimate of drug-likeness (QED) is 0.339. The Hall–Kier alpha value is -2.61. The van der Waals surface area contributed by atoms with Gasteiger partial charge in [-0.1, -0.05) is 60.7 Å². The molecule has 2 aromatic carbocycles. The zero-order valence-corrected chi connectivity index (χ0v) is 13.8. The van der Waals surface area contributed by atoms with Crippen LogP contribution in [-0.2, 0) is 9.53 Å². The van der Waals surface area contributed by atoms with E-state index in [1.54, 1.807) is 6.08 Å². The number of esters is 1. The highest BCUT2D eigenvalue weighted by Crippen LogP contribution is 2.20. The molecule has 0 heterocycles. The molecular formula is C21H22O2. The summed E-state index contributed by atoms with van der Waals surface area (Å²) < 4.78 is 5.32. The monoisotopic (exact) mass is 306 g/mol. The van der Waals surface area contributed by atoms with Crippen LogP contribution in [0.2, 0.25) is 0 Å². The first-order valence-corrected chi connectivity index (χ1v) is 7.67. The molecule has 0 aliphatic carbocycles. The Balaban J connectivity index is 2.28. The molecule has 0 saturated carbocycles. The Kier molecular flexibility index (Phi) is 5.53. The van der Waals surface area contributed by atoms with Crippen LogP contribution in [0.15, 0.2) is 72.8 Å². The first kappa shape index (κ1) is 16.8. The first-order valence-electron chi connectivity index (χ1n) is 7.67. The van der Waals surface area contributed by atoms with Crippen LogP contribution in [0.1, 0.15) is 31.9 Å². The molecule has 0 amide bonds. The molecule has 0 saturated heterocycles. The van der Waals surface area contributed by atoms with Crippen molar-refractivity contribution < 1.29 is 9.53 Å². The van der Waals surface area contributed by atoms with E-state index in [2.05, 4.69) is 6.08 Å². The molecule has 0 radical (unpaired) electrons. The Bertz CT molecular complexity index is 690. The van der Waals surface area contributed by atoms with E-state index >= 15 is 0 Å². The summed E-state index contributed by atoms with van der Waals surface area (Å²) in [7, 11) is 0. The number of benzene rings is 2. The number of hydrogen-bond acceptors (Lipinski definition) is 2. The fourth-order valence-corrected chi connectivity index (χ4v) is 2.08. The number of allylic oxidation sites excluding steroid dienone is 2. The van der Waals surface area contributed by atoms with Crippen LogP contribution < -0.4 is 0 Å². The highest BCUT2D eigenvalue weighted by molar-refractivity contribution is 5.92. The largest absolute Gasteiger partial charge is 0.457 e. The van der Waals surface area contributed by atoms with Crippen LogP contribution in [0.4, 0.5) is 0 Å². The average Bonchev–Trinajstić information content (AvgIpc) is 2.51. The molecule has 0 N–H and O–H groups in total. The van der Waals surface area contributed by atoms with E-state index in [0.717, 1.165) is 16.7 Å². The molecule has 0 aliphatic heterocycles. The van der Waals surface area contributed by atoms with E-state index in [4.69, 9.17) is 4.74 Å². The van der Waals surface area contributed by atoms with Crippen molar-refractivity contribution >= 4 is 17.6 Å². The van der Waals surface area contributed by atoms with Crippen LogP contribution >= 0.6 is 0 Å². The molecule has 2 rings (SSSR count). The second-order valence-corrected chi connectivity index (χ2v) is 6.24. The highest BCUT2D eigenvalue weighted by atomic mass is 16.6. The van der Waals surface area contributed by atoms with Gasteiger partial charge in [-0.25, -0.2) is 4.79 Å². The average molecular weight is 306 g/mol. The van der Waals surface area contributed by atoms with Gasteiger partial charge in [0.05, 0.1) is 0 Å². The summed E-state index contributed by atoms with van der Waals surface area (Å²) in [5.74, 6) is -0.340. The van der Waals surface area contributed by atoms with Gasteiger partial charge in [0.25, 0.3) is 0 Å². The summed E-state index contributed by atoms with van der Waals surface area (Å²) >= 11 is 0.